The maximum atomic E-state index is 13.4. The number of halogens is 1. The van der Waals surface area contributed by atoms with Crippen molar-refractivity contribution >= 4 is 17.7 Å². The van der Waals surface area contributed by atoms with Gasteiger partial charge in [-0.25, -0.2) is 9.18 Å². The third kappa shape index (κ3) is 3.95. The lowest BCUT2D eigenvalue weighted by Gasteiger charge is -2.20. The Labute approximate surface area is 106 Å². The third-order valence-electron chi connectivity index (χ3n) is 2.35. The van der Waals surface area contributed by atoms with Crippen LogP contribution in [0.2, 0.25) is 0 Å². The predicted molar refractivity (Wildman–Crippen MR) is 69.8 cm³/mol. The van der Waals surface area contributed by atoms with Gasteiger partial charge in [0.15, 0.2) is 0 Å². The summed E-state index contributed by atoms with van der Waals surface area (Å²) >= 11 is 0. The quantitative estimate of drug-likeness (QED) is 0.641. The SMILES string of the molecule is C#CCN(CC)c1cc(F)cc(/C=C/C(=O)O)c1. The molecule has 0 fully saturated rings. The van der Waals surface area contributed by atoms with E-state index in [0.29, 0.717) is 24.3 Å². The average molecular weight is 247 g/mol. The lowest BCUT2D eigenvalue weighted by atomic mass is 10.1. The topological polar surface area (TPSA) is 40.5 Å². The van der Waals surface area contributed by atoms with E-state index in [1.165, 1.54) is 18.2 Å². The first-order chi connectivity index (χ1) is 8.56. The predicted octanol–water partition coefficient (Wildman–Crippen LogP) is 2.38. The van der Waals surface area contributed by atoms with Gasteiger partial charge in [0, 0.05) is 18.3 Å². The first-order valence-electron chi connectivity index (χ1n) is 5.46. The molecule has 0 heterocycles. The molecule has 0 aliphatic heterocycles. The van der Waals surface area contributed by atoms with Crippen molar-refractivity contribution in [1.29, 1.82) is 0 Å². The smallest absolute Gasteiger partial charge is 0.328 e. The maximum absolute atomic E-state index is 13.4. The van der Waals surface area contributed by atoms with Crippen molar-refractivity contribution in [3.8, 4) is 12.3 Å². The summed E-state index contributed by atoms with van der Waals surface area (Å²) in [6.45, 7) is 2.94. The van der Waals surface area contributed by atoms with E-state index < -0.39 is 11.8 Å². The monoisotopic (exact) mass is 247 g/mol. The Kier molecular flexibility index (Phi) is 4.94. The van der Waals surface area contributed by atoms with E-state index >= 15 is 0 Å². The maximum Gasteiger partial charge on any atom is 0.328 e. The van der Waals surface area contributed by atoms with Crippen LogP contribution in [0.15, 0.2) is 24.3 Å². The number of benzene rings is 1. The molecule has 0 saturated carbocycles. The molecule has 4 heteroatoms. The molecule has 1 aromatic carbocycles. The van der Waals surface area contributed by atoms with Crippen LogP contribution in [0.5, 0.6) is 0 Å². The number of hydrogen-bond donors (Lipinski definition) is 1. The number of anilines is 1. The standard InChI is InChI=1S/C14H14FNO2/c1-3-7-16(4-2)13-9-11(5-6-14(17)18)8-12(15)10-13/h1,5-6,8-10H,4,7H2,2H3,(H,17,18)/b6-5+. The second kappa shape index (κ2) is 6.45. The molecule has 0 saturated heterocycles. The van der Waals surface area contributed by atoms with Gasteiger partial charge >= 0.3 is 5.97 Å². The molecule has 0 radical (unpaired) electrons. The Morgan fingerprint density at radius 1 is 1.56 bits per heavy atom. The van der Waals surface area contributed by atoms with Gasteiger partial charge in [-0.2, -0.15) is 0 Å². The van der Waals surface area contributed by atoms with Crippen molar-refractivity contribution in [2.75, 3.05) is 18.0 Å². The number of terminal acetylenes is 1. The lowest BCUT2D eigenvalue weighted by Crippen LogP contribution is -2.22. The van der Waals surface area contributed by atoms with Crippen LogP contribution in [0, 0.1) is 18.2 Å². The summed E-state index contributed by atoms with van der Waals surface area (Å²) in [5, 5.41) is 8.54. The summed E-state index contributed by atoms with van der Waals surface area (Å²) in [5.74, 6) is 1.00. The van der Waals surface area contributed by atoms with Gasteiger partial charge in [-0.05, 0) is 36.8 Å². The van der Waals surface area contributed by atoms with E-state index in [1.54, 1.807) is 6.07 Å². The first-order valence-corrected chi connectivity index (χ1v) is 5.46. The van der Waals surface area contributed by atoms with Gasteiger partial charge in [0.2, 0.25) is 0 Å². The van der Waals surface area contributed by atoms with Gasteiger partial charge in [0.1, 0.15) is 5.82 Å². The summed E-state index contributed by atoms with van der Waals surface area (Å²) in [6.07, 6.45) is 7.55. The summed E-state index contributed by atoms with van der Waals surface area (Å²) in [5.41, 5.74) is 1.13. The molecule has 1 rings (SSSR count). The Balaban J connectivity index is 3.07. The molecule has 3 nitrogen and oxygen atoms in total. The minimum Gasteiger partial charge on any atom is -0.478 e. The highest BCUT2D eigenvalue weighted by Gasteiger charge is 2.05. The highest BCUT2D eigenvalue weighted by Crippen LogP contribution is 2.19. The van der Waals surface area contributed by atoms with E-state index in [-0.39, 0.29) is 0 Å². The van der Waals surface area contributed by atoms with Crippen LogP contribution in [-0.2, 0) is 4.79 Å². The Morgan fingerprint density at radius 3 is 2.83 bits per heavy atom. The minimum absolute atomic E-state index is 0.377. The molecule has 1 aromatic rings. The molecule has 0 spiro atoms. The van der Waals surface area contributed by atoms with Crippen LogP contribution in [0.3, 0.4) is 0 Å². The molecule has 0 aliphatic rings. The highest BCUT2D eigenvalue weighted by atomic mass is 19.1. The Hall–Kier alpha value is -2.28. The second-order valence-corrected chi connectivity index (χ2v) is 3.63. The zero-order valence-electron chi connectivity index (χ0n) is 10.1. The van der Waals surface area contributed by atoms with E-state index in [9.17, 15) is 9.18 Å². The fraction of sp³-hybridized carbons (Fsp3) is 0.214. The summed E-state index contributed by atoms with van der Waals surface area (Å²) < 4.78 is 13.4. The zero-order chi connectivity index (χ0) is 13.5. The van der Waals surface area contributed by atoms with Crippen LogP contribution >= 0.6 is 0 Å². The summed E-state index contributed by atoms with van der Waals surface area (Å²) in [7, 11) is 0. The van der Waals surface area contributed by atoms with Gasteiger partial charge in [0.25, 0.3) is 0 Å². The lowest BCUT2D eigenvalue weighted by molar-refractivity contribution is -0.131. The fourth-order valence-corrected chi connectivity index (χ4v) is 1.54. The third-order valence-corrected chi connectivity index (χ3v) is 2.35. The van der Waals surface area contributed by atoms with Crippen LogP contribution in [0.1, 0.15) is 12.5 Å². The second-order valence-electron chi connectivity index (χ2n) is 3.63. The van der Waals surface area contributed by atoms with Crippen molar-refractivity contribution in [3.63, 3.8) is 0 Å². The van der Waals surface area contributed by atoms with E-state index in [1.807, 2.05) is 11.8 Å². The molecule has 94 valence electrons. The highest BCUT2D eigenvalue weighted by molar-refractivity contribution is 5.85. The van der Waals surface area contributed by atoms with Crippen molar-refractivity contribution in [1.82, 2.24) is 0 Å². The average Bonchev–Trinajstić information content (AvgIpc) is 2.32. The molecule has 0 unspecified atom stereocenters. The van der Waals surface area contributed by atoms with Crippen molar-refractivity contribution in [2.24, 2.45) is 0 Å². The minimum atomic E-state index is -1.07. The van der Waals surface area contributed by atoms with Crippen molar-refractivity contribution in [2.45, 2.75) is 6.92 Å². The van der Waals surface area contributed by atoms with Crippen LogP contribution in [0.4, 0.5) is 10.1 Å². The number of carboxylic acid groups (broad SMARTS) is 1. The number of aliphatic carboxylic acids is 1. The number of nitrogens with zero attached hydrogens (tertiary/aromatic N) is 1. The summed E-state index contributed by atoms with van der Waals surface area (Å²) in [6, 6.07) is 4.34. The molecule has 0 atom stereocenters. The van der Waals surface area contributed by atoms with Crippen LogP contribution < -0.4 is 4.90 Å². The number of hydrogen-bond acceptors (Lipinski definition) is 2. The van der Waals surface area contributed by atoms with Crippen molar-refractivity contribution < 1.29 is 14.3 Å². The van der Waals surface area contributed by atoms with Gasteiger partial charge in [-0.1, -0.05) is 5.92 Å². The fourth-order valence-electron chi connectivity index (χ4n) is 1.54. The van der Waals surface area contributed by atoms with Crippen LogP contribution in [0.25, 0.3) is 6.08 Å². The zero-order valence-corrected chi connectivity index (χ0v) is 10.1. The largest absolute Gasteiger partial charge is 0.478 e. The van der Waals surface area contributed by atoms with Gasteiger partial charge in [-0.15, -0.1) is 6.42 Å². The normalized spacial score (nSPS) is 10.3. The van der Waals surface area contributed by atoms with E-state index in [4.69, 9.17) is 11.5 Å². The number of rotatable bonds is 5. The van der Waals surface area contributed by atoms with E-state index in [0.717, 1.165) is 6.08 Å². The number of carboxylic acids is 1. The molecule has 0 aliphatic carbocycles. The van der Waals surface area contributed by atoms with Gasteiger partial charge < -0.3 is 10.0 Å². The molecule has 0 aromatic heterocycles. The molecule has 18 heavy (non-hydrogen) atoms. The molecular weight excluding hydrogens is 233 g/mol. The molecule has 0 bridgehead atoms. The molecule has 1 N–H and O–H groups in total. The first kappa shape index (κ1) is 13.8. The summed E-state index contributed by atoms with van der Waals surface area (Å²) in [4.78, 5) is 12.2. The molecule has 0 amide bonds. The van der Waals surface area contributed by atoms with Crippen molar-refractivity contribution in [3.05, 3.63) is 35.7 Å². The Morgan fingerprint density at radius 2 is 2.28 bits per heavy atom. The van der Waals surface area contributed by atoms with Gasteiger partial charge in [0.05, 0.1) is 6.54 Å². The van der Waals surface area contributed by atoms with Crippen LogP contribution in [-0.4, -0.2) is 24.2 Å². The van der Waals surface area contributed by atoms with Gasteiger partial charge in [-0.3, -0.25) is 0 Å². The number of carbonyl (C=O) groups is 1. The Bertz CT molecular complexity index is 503. The van der Waals surface area contributed by atoms with E-state index in [2.05, 4.69) is 5.92 Å². The molecular formula is C14H14FNO2.